The number of rotatable bonds is 14. The first-order valence-electron chi connectivity index (χ1n) is 18.8. The molecule has 5 N–H and O–H groups in total. The monoisotopic (exact) mass is 704 g/mol. The molecule has 0 spiro atoms. The summed E-state index contributed by atoms with van der Waals surface area (Å²) < 4.78 is 5.64. The van der Waals surface area contributed by atoms with Crippen molar-refractivity contribution in [1.29, 1.82) is 0 Å². The third kappa shape index (κ3) is 15.0. The van der Waals surface area contributed by atoms with Crippen molar-refractivity contribution in [3.8, 4) is 0 Å². The average molecular weight is 704 g/mol. The number of hydrogen-bond donors (Lipinski definition) is 5. The van der Waals surface area contributed by atoms with Gasteiger partial charge in [-0.1, -0.05) is 88.5 Å². The molecule has 1 heterocycles. The SMILES string of the molecule is CCC=CCC=CCC=CCC=CCC=CCCCC(=O)N1C[C@H](C)C[C@@](C)(O)[C@H](O)[C@@H](C)[C@H](O)[C@@H](C)C(=O)O[C@H](CC)[C@@](C)(O)[C@H](O)[C@H]1C. The van der Waals surface area contributed by atoms with Crippen LogP contribution < -0.4 is 0 Å². The summed E-state index contributed by atoms with van der Waals surface area (Å²) in [5.74, 6) is -3.28. The first-order chi connectivity index (χ1) is 23.5. The Balaban J connectivity index is 2.94. The Kier molecular flexibility index (Phi) is 21.0. The van der Waals surface area contributed by atoms with Gasteiger partial charge < -0.3 is 35.2 Å². The fourth-order valence-corrected chi connectivity index (χ4v) is 6.67. The first-order valence-corrected chi connectivity index (χ1v) is 18.8. The van der Waals surface area contributed by atoms with Crippen LogP contribution >= 0.6 is 0 Å². The molecule has 0 bridgehead atoms. The van der Waals surface area contributed by atoms with Crippen LogP contribution in [0, 0.1) is 17.8 Å². The van der Waals surface area contributed by atoms with Crippen molar-refractivity contribution in [2.24, 2.45) is 17.8 Å². The molecule has 1 rings (SSSR count). The van der Waals surface area contributed by atoms with Crippen LogP contribution in [0.2, 0.25) is 0 Å². The number of carbonyl (C=O) groups excluding carboxylic acids is 2. The number of aliphatic hydroxyl groups excluding tert-OH is 3. The number of amides is 1. The Morgan fingerprint density at radius 2 is 1.32 bits per heavy atom. The van der Waals surface area contributed by atoms with Crippen molar-refractivity contribution in [2.75, 3.05) is 6.54 Å². The van der Waals surface area contributed by atoms with Crippen LogP contribution in [0.4, 0.5) is 0 Å². The number of esters is 1. The number of ether oxygens (including phenoxy) is 1. The van der Waals surface area contributed by atoms with Gasteiger partial charge in [0.05, 0.1) is 29.8 Å². The number of hydrogen-bond acceptors (Lipinski definition) is 8. The third-order valence-electron chi connectivity index (χ3n) is 9.90. The van der Waals surface area contributed by atoms with Crippen LogP contribution in [-0.2, 0) is 14.3 Å². The minimum Gasteiger partial charge on any atom is -0.459 e. The van der Waals surface area contributed by atoms with Gasteiger partial charge in [-0.05, 0) is 91.4 Å². The Morgan fingerprint density at radius 3 is 1.82 bits per heavy atom. The highest BCUT2D eigenvalue weighted by Crippen LogP contribution is 2.33. The fourth-order valence-electron chi connectivity index (χ4n) is 6.67. The van der Waals surface area contributed by atoms with Gasteiger partial charge >= 0.3 is 5.97 Å². The largest absolute Gasteiger partial charge is 0.459 e. The number of carbonyl (C=O) groups is 2. The standard InChI is InChI=1S/C41H69NO8/c1-9-11-12-13-14-15-16-17-18-19-20-21-22-23-24-25-26-27-35(43)42-29-30(3)28-40(7,48)37(45)31(4)36(44)32(5)39(47)50-34(10-2)41(8,49)38(46)33(42)6/h11-12,14-15,17-18,20-21,23-24,30-34,36-38,44-46,48-49H,9-10,13,16,19,22,25-29H2,1-8H3/t30-,31+,32-,33-,34-,36+,37-,38-,40-,41-/m1/s1. The van der Waals surface area contributed by atoms with E-state index in [2.05, 4.69) is 67.7 Å². The second kappa shape index (κ2) is 23.1. The van der Waals surface area contributed by atoms with E-state index >= 15 is 0 Å². The van der Waals surface area contributed by atoms with Crippen molar-refractivity contribution >= 4 is 11.9 Å². The zero-order valence-corrected chi connectivity index (χ0v) is 32.1. The fraction of sp³-hybridized carbons (Fsp3) is 0.707. The van der Waals surface area contributed by atoms with Crippen LogP contribution in [0.5, 0.6) is 0 Å². The second-order valence-electron chi connectivity index (χ2n) is 14.6. The number of unbranched alkanes of at least 4 members (excludes halogenated alkanes) is 1. The van der Waals surface area contributed by atoms with Gasteiger partial charge in [0, 0.05) is 18.9 Å². The predicted molar refractivity (Wildman–Crippen MR) is 201 cm³/mol. The van der Waals surface area contributed by atoms with E-state index in [0.29, 0.717) is 12.8 Å². The summed E-state index contributed by atoms with van der Waals surface area (Å²) in [6, 6.07) is -0.858. The zero-order valence-electron chi connectivity index (χ0n) is 32.1. The number of nitrogens with zero attached hydrogens (tertiary/aromatic N) is 1. The molecule has 0 aromatic heterocycles. The summed E-state index contributed by atoms with van der Waals surface area (Å²) in [7, 11) is 0. The molecule has 1 saturated heterocycles. The van der Waals surface area contributed by atoms with Gasteiger partial charge in [-0.2, -0.15) is 0 Å². The second-order valence-corrected chi connectivity index (χ2v) is 14.6. The average Bonchev–Trinajstić information content (AvgIpc) is 3.07. The Hall–Kier alpha value is -2.56. The van der Waals surface area contributed by atoms with Crippen LogP contribution in [-0.4, -0.2) is 90.5 Å². The van der Waals surface area contributed by atoms with Crippen molar-refractivity contribution in [3.05, 3.63) is 60.8 Å². The van der Waals surface area contributed by atoms with Gasteiger partial charge in [0.2, 0.25) is 5.91 Å². The van der Waals surface area contributed by atoms with Crippen LogP contribution in [0.15, 0.2) is 60.8 Å². The van der Waals surface area contributed by atoms with E-state index in [0.717, 1.165) is 32.1 Å². The summed E-state index contributed by atoms with van der Waals surface area (Å²) in [5.41, 5.74) is -3.56. The van der Waals surface area contributed by atoms with Gasteiger partial charge in [-0.25, -0.2) is 0 Å². The third-order valence-corrected chi connectivity index (χ3v) is 9.90. The molecule has 9 heteroatoms. The van der Waals surface area contributed by atoms with Crippen LogP contribution in [0.1, 0.15) is 120 Å². The maximum absolute atomic E-state index is 13.7. The lowest BCUT2D eigenvalue weighted by atomic mass is 9.78. The smallest absolute Gasteiger partial charge is 0.311 e. The molecule has 10 atom stereocenters. The topological polar surface area (TPSA) is 148 Å². The molecular formula is C41H69NO8. The van der Waals surface area contributed by atoms with Crippen LogP contribution in [0.25, 0.3) is 0 Å². The lowest BCUT2D eigenvalue weighted by molar-refractivity contribution is -0.194. The summed E-state index contributed by atoms with van der Waals surface area (Å²) in [6.45, 7) is 13.4. The first kappa shape index (κ1) is 45.5. The van der Waals surface area contributed by atoms with Gasteiger partial charge in [0.15, 0.2) is 0 Å². The molecule has 1 aliphatic rings. The van der Waals surface area contributed by atoms with Gasteiger partial charge in [0.25, 0.3) is 0 Å². The van der Waals surface area contributed by atoms with Crippen LogP contribution in [0.3, 0.4) is 0 Å². The zero-order chi connectivity index (χ0) is 37.9. The lowest BCUT2D eigenvalue weighted by Gasteiger charge is -2.43. The molecule has 0 aliphatic carbocycles. The number of cyclic esters (lactones) is 1. The van der Waals surface area contributed by atoms with Crippen molar-refractivity contribution in [2.45, 2.75) is 161 Å². The Labute approximate surface area is 302 Å². The van der Waals surface area contributed by atoms with E-state index in [-0.39, 0.29) is 37.6 Å². The summed E-state index contributed by atoms with van der Waals surface area (Å²) in [4.78, 5) is 28.3. The highest BCUT2D eigenvalue weighted by molar-refractivity contribution is 5.76. The normalized spacial score (nSPS) is 34.3. The summed E-state index contributed by atoms with van der Waals surface area (Å²) >= 11 is 0. The predicted octanol–water partition coefficient (Wildman–Crippen LogP) is 6.34. The van der Waals surface area contributed by atoms with E-state index in [9.17, 15) is 35.1 Å². The molecule has 1 amide bonds. The van der Waals surface area contributed by atoms with E-state index in [1.807, 2.05) is 6.92 Å². The molecule has 0 aromatic carbocycles. The van der Waals surface area contributed by atoms with E-state index in [4.69, 9.17) is 4.74 Å². The van der Waals surface area contributed by atoms with Crippen molar-refractivity contribution in [3.63, 3.8) is 0 Å². The van der Waals surface area contributed by atoms with Gasteiger partial charge in [-0.3, -0.25) is 9.59 Å². The van der Waals surface area contributed by atoms with E-state index in [1.165, 1.54) is 25.7 Å². The molecule has 0 radical (unpaired) electrons. The minimum absolute atomic E-state index is 0.0880. The quantitative estimate of drug-likeness (QED) is 0.0800. The lowest BCUT2D eigenvalue weighted by Crippen LogP contribution is -2.60. The Morgan fingerprint density at radius 1 is 0.820 bits per heavy atom. The number of allylic oxidation sites excluding steroid dienone is 10. The summed E-state index contributed by atoms with van der Waals surface area (Å²) in [6.07, 6.45) is 22.5. The molecule has 50 heavy (non-hydrogen) atoms. The molecule has 0 unspecified atom stereocenters. The maximum atomic E-state index is 13.7. The molecule has 9 nitrogen and oxygen atoms in total. The molecule has 0 saturated carbocycles. The van der Waals surface area contributed by atoms with Crippen molar-refractivity contribution < 1.29 is 39.9 Å². The van der Waals surface area contributed by atoms with E-state index in [1.54, 1.807) is 20.8 Å². The highest BCUT2D eigenvalue weighted by atomic mass is 16.6. The Bertz CT molecular complexity index is 1140. The molecule has 0 aromatic rings. The molecule has 286 valence electrons. The van der Waals surface area contributed by atoms with Gasteiger partial charge in [0.1, 0.15) is 17.8 Å². The number of aliphatic hydroxyl groups is 5. The highest BCUT2D eigenvalue weighted by Gasteiger charge is 2.48. The minimum atomic E-state index is -1.91. The van der Waals surface area contributed by atoms with Gasteiger partial charge in [-0.15, -0.1) is 0 Å². The van der Waals surface area contributed by atoms with Crippen molar-refractivity contribution in [1.82, 2.24) is 4.90 Å². The molecule has 1 aliphatic heterocycles. The molecule has 1 fully saturated rings. The maximum Gasteiger partial charge on any atom is 0.311 e. The summed E-state index contributed by atoms with van der Waals surface area (Å²) in [5, 5.41) is 56.4. The molecular weight excluding hydrogens is 634 g/mol. The van der Waals surface area contributed by atoms with E-state index < -0.39 is 59.5 Å².